The maximum atomic E-state index is 12.7. The van der Waals surface area contributed by atoms with E-state index in [9.17, 15) is 21.6 Å². The molecule has 1 amide bonds. The van der Waals surface area contributed by atoms with Crippen LogP contribution in [0.2, 0.25) is 0 Å². The van der Waals surface area contributed by atoms with E-state index in [-0.39, 0.29) is 18.4 Å². The monoisotopic (exact) mass is 400 g/mol. The minimum atomic E-state index is -3.45. The number of amides is 1. The lowest BCUT2D eigenvalue weighted by Crippen LogP contribution is -2.44. The van der Waals surface area contributed by atoms with Gasteiger partial charge in [-0.3, -0.25) is 4.79 Å². The third-order valence-electron chi connectivity index (χ3n) is 5.24. The number of rotatable bonds is 4. The Kier molecular flexibility index (Phi) is 5.41. The molecule has 3 rings (SSSR count). The highest BCUT2D eigenvalue weighted by Gasteiger charge is 2.39. The van der Waals surface area contributed by atoms with Gasteiger partial charge in [0.25, 0.3) is 0 Å². The largest absolute Gasteiger partial charge is 0.341 e. The number of carbonyl (C=O) groups excluding carboxylic acids is 1. The summed E-state index contributed by atoms with van der Waals surface area (Å²) in [4.78, 5) is 14.7. The molecule has 0 N–H and O–H groups in total. The molecule has 1 atom stereocenters. The fourth-order valence-corrected chi connectivity index (χ4v) is 6.26. The van der Waals surface area contributed by atoms with Crippen LogP contribution >= 0.6 is 0 Å². The summed E-state index contributed by atoms with van der Waals surface area (Å²) < 4.78 is 50.0. The second-order valence-corrected chi connectivity index (χ2v) is 11.2. The first-order chi connectivity index (χ1) is 12.2. The van der Waals surface area contributed by atoms with Gasteiger partial charge in [0.15, 0.2) is 9.84 Å². The zero-order valence-electron chi connectivity index (χ0n) is 14.7. The molecule has 2 aliphatic heterocycles. The first-order valence-electron chi connectivity index (χ1n) is 8.72. The highest BCUT2D eigenvalue weighted by molar-refractivity contribution is 7.92. The third kappa shape index (κ3) is 3.94. The van der Waals surface area contributed by atoms with Crippen molar-refractivity contribution >= 4 is 25.8 Å². The van der Waals surface area contributed by atoms with Crippen LogP contribution < -0.4 is 0 Å². The molecule has 7 nitrogen and oxygen atoms in total. The van der Waals surface area contributed by atoms with Gasteiger partial charge < -0.3 is 4.90 Å². The van der Waals surface area contributed by atoms with E-state index < -0.39 is 25.1 Å². The van der Waals surface area contributed by atoms with Crippen molar-refractivity contribution in [3.05, 3.63) is 30.3 Å². The van der Waals surface area contributed by atoms with Gasteiger partial charge in [0.05, 0.1) is 16.4 Å². The summed E-state index contributed by atoms with van der Waals surface area (Å²) >= 11 is 0. The van der Waals surface area contributed by atoms with Gasteiger partial charge in [-0.1, -0.05) is 18.2 Å². The minimum Gasteiger partial charge on any atom is -0.341 e. The molecule has 1 aromatic rings. The summed E-state index contributed by atoms with van der Waals surface area (Å²) in [7, 11) is -6.67. The molecule has 0 aromatic heterocycles. The van der Waals surface area contributed by atoms with E-state index in [0.717, 1.165) is 0 Å². The van der Waals surface area contributed by atoms with Crippen molar-refractivity contribution < 1.29 is 21.6 Å². The van der Waals surface area contributed by atoms with Crippen LogP contribution in [0.15, 0.2) is 35.2 Å². The summed E-state index contributed by atoms with van der Waals surface area (Å²) in [6.07, 6.45) is 2.58. The van der Waals surface area contributed by atoms with Crippen molar-refractivity contribution in [2.45, 2.75) is 29.4 Å². The van der Waals surface area contributed by atoms with Crippen molar-refractivity contribution in [3.63, 3.8) is 0 Å². The van der Waals surface area contributed by atoms with Crippen molar-refractivity contribution in [3.8, 4) is 0 Å². The number of sulfone groups is 1. The Balaban J connectivity index is 1.62. The molecular formula is C17H24N2O5S2. The van der Waals surface area contributed by atoms with Crippen molar-refractivity contribution in [2.24, 2.45) is 5.92 Å². The normalized spacial score (nSPS) is 23.3. The number of carbonyl (C=O) groups is 1. The van der Waals surface area contributed by atoms with Gasteiger partial charge in [-0.15, -0.1) is 0 Å². The Hall–Kier alpha value is -1.45. The number of hydrogen-bond acceptors (Lipinski definition) is 5. The van der Waals surface area contributed by atoms with Crippen molar-refractivity contribution in [1.29, 1.82) is 0 Å². The summed E-state index contributed by atoms with van der Waals surface area (Å²) in [6, 6.07) is 8.33. The number of sulfonamides is 1. The molecule has 0 bridgehead atoms. The van der Waals surface area contributed by atoms with E-state index in [2.05, 4.69) is 0 Å². The predicted octanol–water partition coefficient (Wildman–Crippen LogP) is 0.733. The number of piperidine rings is 1. The lowest BCUT2D eigenvalue weighted by molar-refractivity contribution is -0.135. The predicted molar refractivity (Wildman–Crippen MR) is 97.8 cm³/mol. The molecule has 2 aliphatic rings. The van der Waals surface area contributed by atoms with E-state index in [1.54, 1.807) is 35.2 Å². The summed E-state index contributed by atoms with van der Waals surface area (Å²) in [5, 5.41) is -0.579. The first kappa shape index (κ1) is 19.3. The molecule has 0 unspecified atom stereocenters. The maximum Gasteiger partial charge on any atom is 0.225 e. The Morgan fingerprint density at radius 2 is 1.58 bits per heavy atom. The van der Waals surface area contributed by atoms with Crippen molar-refractivity contribution in [2.75, 3.05) is 32.4 Å². The van der Waals surface area contributed by atoms with Crippen LogP contribution in [0.4, 0.5) is 0 Å². The number of benzene rings is 1. The molecule has 1 aromatic carbocycles. The van der Waals surface area contributed by atoms with Gasteiger partial charge in [0.1, 0.15) is 0 Å². The molecule has 144 valence electrons. The van der Waals surface area contributed by atoms with Gasteiger partial charge in [-0.2, -0.15) is 0 Å². The number of nitrogens with zero attached hydrogens (tertiary/aromatic N) is 2. The van der Waals surface area contributed by atoms with Crippen LogP contribution in [-0.2, 0) is 24.7 Å². The average Bonchev–Trinajstić information content (AvgIpc) is 3.12. The molecule has 2 saturated heterocycles. The van der Waals surface area contributed by atoms with Crippen LogP contribution in [0.5, 0.6) is 0 Å². The fourth-order valence-electron chi connectivity index (χ4n) is 3.68. The number of hydrogen-bond donors (Lipinski definition) is 0. The molecule has 0 spiro atoms. The van der Waals surface area contributed by atoms with E-state index in [1.165, 1.54) is 10.6 Å². The Labute approximate surface area is 155 Å². The smallest absolute Gasteiger partial charge is 0.225 e. The standard InChI is InChI=1S/C17H24N2O5S2/c1-25(21,22)19-11-7-14(8-12-19)17(20)18-10-9-16(13-18)26(23,24)15-5-3-2-4-6-15/h2-6,14,16H,7-13H2,1H3/t16-/m1/s1. The average molecular weight is 401 g/mol. The van der Waals surface area contributed by atoms with E-state index >= 15 is 0 Å². The molecular weight excluding hydrogens is 376 g/mol. The van der Waals surface area contributed by atoms with Crippen LogP contribution in [0, 0.1) is 5.92 Å². The van der Waals surface area contributed by atoms with Gasteiger partial charge in [0, 0.05) is 32.1 Å². The van der Waals surface area contributed by atoms with E-state index in [4.69, 9.17) is 0 Å². The van der Waals surface area contributed by atoms with E-state index in [0.29, 0.717) is 43.8 Å². The Morgan fingerprint density at radius 1 is 0.962 bits per heavy atom. The zero-order chi connectivity index (χ0) is 18.9. The third-order valence-corrected chi connectivity index (χ3v) is 8.73. The van der Waals surface area contributed by atoms with Gasteiger partial charge in [-0.25, -0.2) is 21.1 Å². The van der Waals surface area contributed by atoms with Crippen LogP contribution in [0.3, 0.4) is 0 Å². The van der Waals surface area contributed by atoms with Crippen LogP contribution in [0.25, 0.3) is 0 Å². The van der Waals surface area contributed by atoms with Gasteiger partial charge in [-0.05, 0) is 31.4 Å². The lowest BCUT2D eigenvalue weighted by Gasteiger charge is -2.31. The maximum absolute atomic E-state index is 12.7. The molecule has 26 heavy (non-hydrogen) atoms. The van der Waals surface area contributed by atoms with Crippen LogP contribution in [-0.4, -0.2) is 69.6 Å². The van der Waals surface area contributed by atoms with Crippen molar-refractivity contribution in [1.82, 2.24) is 9.21 Å². The molecule has 0 radical (unpaired) electrons. The highest BCUT2D eigenvalue weighted by Crippen LogP contribution is 2.27. The highest BCUT2D eigenvalue weighted by atomic mass is 32.2. The summed E-state index contributed by atoms with van der Waals surface area (Å²) in [5.74, 6) is -0.282. The first-order valence-corrected chi connectivity index (χ1v) is 12.1. The molecule has 2 heterocycles. The quantitative estimate of drug-likeness (QED) is 0.743. The summed E-state index contributed by atoms with van der Waals surface area (Å²) in [5.41, 5.74) is 0. The van der Waals surface area contributed by atoms with Crippen LogP contribution in [0.1, 0.15) is 19.3 Å². The zero-order valence-corrected chi connectivity index (χ0v) is 16.4. The molecule has 9 heteroatoms. The second kappa shape index (κ2) is 7.28. The topological polar surface area (TPSA) is 91.8 Å². The Morgan fingerprint density at radius 3 is 2.15 bits per heavy atom. The minimum absolute atomic E-state index is 0.0519. The molecule has 0 aliphatic carbocycles. The van der Waals surface area contributed by atoms with Gasteiger partial charge in [0.2, 0.25) is 15.9 Å². The van der Waals surface area contributed by atoms with E-state index in [1.807, 2.05) is 0 Å². The second-order valence-electron chi connectivity index (χ2n) is 6.99. The lowest BCUT2D eigenvalue weighted by atomic mass is 9.97. The summed E-state index contributed by atoms with van der Waals surface area (Å²) in [6.45, 7) is 1.33. The Bertz CT molecular complexity index is 860. The molecule has 0 saturated carbocycles. The number of likely N-dealkylation sites (tertiary alicyclic amines) is 1. The SMILES string of the molecule is CS(=O)(=O)N1CCC(C(=O)N2CC[C@@H](S(=O)(=O)c3ccccc3)C2)CC1. The molecule has 2 fully saturated rings. The fraction of sp³-hybridized carbons (Fsp3) is 0.588. The van der Waals surface area contributed by atoms with Gasteiger partial charge >= 0.3 is 0 Å².